The van der Waals surface area contributed by atoms with Crippen molar-refractivity contribution in [2.24, 2.45) is 0 Å². The lowest BCUT2D eigenvalue weighted by molar-refractivity contribution is -1.00. The van der Waals surface area contributed by atoms with Crippen LogP contribution in [-0.2, 0) is 9.59 Å². The van der Waals surface area contributed by atoms with Gasteiger partial charge < -0.3 is 20.4 Å². The Balaban J connectivity index is 1.44. The first-order chi connectivity index (χ1) is 14.3. The number of hydrogen-bond acceptors (Lipinski definition) is 2. The van der Waals surface area contributed by atoms with Crippen LogP contribution < -0.4 is 20.4 Å². The standard InChI is InChI=1S/C23H29ClN4O2/c1-16-7-8-19(24)13-20(16)25-21(29)14-27-9-11-28(12-10-27)15-22(30)26-23-17(2)5-4-6-18(23)3/h4-8,13H,9-12,14-15H2,1-3H3,(H,25,29)(H,26,30)/p+2. The van der Waals surface area contributed by atoms with E-state index >= 15 is 0 Å². The number of hydrogen-bond donors (Lipinski definition) is 4. The highest BCUT2D eigenvalue weighted by molar-refractivity contribution is 6.31. The summed E-state index contributed by atoms with van der Waals surface area (Å²) in [7, 11) is 0. The van der Waals surface area contributed by atoms with Crippen molar-refractivity contribution in [3.63, 3.8) is 0 Å². The van der Waals surface area contributed by atoms with Crippen LogP contribution in [0.5, 0.6) is 0 Å². The summed E-state index contributed by atoms with van der Waals surface area (Å²) in [5.74, 6) is 0.0339. The first kappa shape index (κ1) is 22.3. The van der Waals surface area contributed by atoms with Gasteiger partial charge in [0, 0.05) is 16.4 Å². The van der Waals surface area contributed by atoms with E-state index in [1.165, 1.54) is 9.80 Å². The predicted molar refractivity (Wildman–Crippen MR) is 120 cm³/mol. The van der Waals surface area contributed by atoms with Crippen LogP contribution in [-0.4, -0.2) is 51.1 Å². The molecule has 0 aromatic heterocycles. The monoisotopic (exact) mass is 430 g/mol. The van der Waals surface area contributed by atoms with Gasteiger partial charge in [0.1, 0.15) is 26.2 Å². The molecular weight excluding hydrogens is 400 g/mol. The Kier molecular flexibility index (Phi) is 7.48. The number of halogens is 1. The van der Waals surface area contributed by atoms with Gasteiger partial charge >= 0.3 is 0 Å². The van der Waals surface area contributed by atoms with Crippen LogP contribution in [0.1, 0.15) is 16.7 Å². The summed E-state index contributed by atoms with van der Waals surface area (Å²) in [5, 5.41) is 6.64. The second-order valence-electron chi connectivity index (χ2n) is 8.18. The molecule has 3 rings (SSSR count). The van der Waals surface area contributed by atoms with Crippen LogP contribution in [0.2, 0.25) is 5.02 Å². The van der Waals surface area contributed by atoms with Gasteiger partial charge in [0.2, 0.25) is 0 Å². The quantitative estimate of drug-likeness (QED) is 0.543. The van der Waals surface area contributed by atoms with E-state index in [-0.39, 0.29) is 11.8 Å². The summed E-state index contributed by atoms with van der Waals surface area (Å²) in [4.78, 5) is 27.4. The maximum Gasteiger partial charge on any atom is 0.279 e. The number of anilines is 2. The number of nitrogens with one attached hydrogen (secondary N) is 4. The lowest BCUT2D eigenvalue weighted by Crippen LogP contribution is -3.28. The lowest BCUT2D eigenvalue weighted by atomic mass is 10.1. The van der Waals surface area contributed by atoms with E-state index in [1.54, 1.807) is 6.07 Å². The van der Waals surface area contributed by atoms with Gasteiger partial charge in [-0.25, -0.2) is 0 Å². The van der Waals surface area contributed by atoms with Crippen molar-refractivity contribution in [3.05, 3.63) is 58.1 Å². The number of para-hydroxylation sites is 1. The summed E-state index contributed by atoms with van der Waals surface area (Å²) in [6, 6.07) is 11.5. The molecule has 30 heavy (non-hydrogen) atoms. The van der Waals surface area contributed by atoms with Gasteiger partial charge in [0.05, 0.1) is 0 Å². The van der Waals surface area contributed by atoms with E-state index in [2.05, 4.69) is 10.6 Å². The molecule has 1 aliphatic heterocycles. The van der Waals surface area contributed by atoms with Gasteiger partial charge in [-0.1, -0.05) is 35.9 Å². The highest BCUT2D eigenvalue weighted by atomic mass is 35.5. The molecule has 0 aliphatic carbocycles. The van der Waals surface area contributed by atoms with Crippen LogP contribution in [0.25, 0.3) is 0 Å². The van der Waals surface area contributed by atoms with Crippen LogP contribution in [0.3, 0.4) is 0 Å². The topological polar surface area (TPSA) is 67.1 Å². The first-order valence-corrected chi connectivity index (χ1v) is 10.8. The molecule has 1 aliphatic rings. The molecule has 0 atom stereocenters. The zero-order valence-corrected chi connectivity index (χ0v) is 18.7. The van der Waals surface area contributed by atoms with Crippen LogP contribution in [0.4, 0.5) is 11.4 Å². The number of carbonyl (C=O) groups is 2. The molecule has 2 aromatic carbocycles. The molecule has 0 unspecified atom stereocenters. The highest BCUT2D eigenvalue weighted by Gasteiger charge is 2.26. The third-order valence-electron chi connectivity index (χ3n) is 5.70. The number of carbonyl (C=O) groups excluding carboxylic acids is 2. The summed E-state index contributed by atoms with van der Waals surface area (Å²) >= 11 is 6.03. The van der Waals surface area contributed by atoms with Crippen molar-refractivity contribution in [2.45, 2.75) is 20.8 Å². The fourth-order valence-electron chi connectivity index (χ4n) is 3.88. The van der Waals surface area contributed by atoms with Gasteiger partial charge in [-0.2, -0.15) is 0 Å². The molecule has 1 heterocycles. The summed E-state index contributed by atoms with van der Waals surface area (Å²) < 4.78 is 0. The zero-order valence-electron chi connectivity index (χ0n) is 17.9. The van der Waals surface area contributed by atoms with Gasteiger partial charge in [-0.15, -0.1) is 0 Å². The number of amides is 2. The SMILES string of the molecule is Cc1ccc(Cl)cc1NC(=O)C[NH+]1CC[NH+](CC(=O)Nc2c(C)cccc2C)CC1. The Hall–Kier alpha value is -2.41. The van der Waals surface area contributed by atoms with Crippen molar-refractivity contribution < 1.29 is 19.4 Å². The number of quaternary nitrogens is 2. The Bertz CT molecular complexity index is 903. The second kappa shape index (κ2) is 10.1. The molecular formula is C23H31ClN4O2+2. The van der Waals surface area contributed by atoms with Gasteiger partial charge in [-0.3, -0.25) is 9.59 Å². The van der Waals surface area contributed by atoms with E-state index in [1.807, 2.05) is 51.1 Å². The molecule has 7 heteroatoms. The number of aryl methyl sites for hydroxylation is 3. The maximum atomic E-state index is 12.5. The van der Waals surface area contributed by atoms with Crippen molar-refractivity contribution in [2.75, 3.05) is 49.9 Å². The summed E-state index contributed by atoms with van der Waals surface area (Å²) in [6.45, 7) is 10.3. The highest BCUT2D eigenvalue weighted by Crippen LogP contribution is 2.20. The Morgan fingerprint density at radius 3 is 1.93 bits per heavy atom. The Morgan fingerprint density at radius 2 is 1.37 bits per heavy atom. The minimum absolute atomic E-state index is 0.00779. The third kappa shape index (κ3) is 6.05. The smallest absolute Gasteiger partial charge is 0.279 e. The number of piperazine rings is 1. The maximum absolute atomic E-state index is 12.5. The van der Waals surface area contributed by atoms with E-state index in [0.717, 1.165) is 54.2 Å². The van der Waals surface area contributed by atoms with Crippen LogP contribution >= 0.6 is 11.6 Å². The van der Waals surface area contributed by atoms with Crippen molar-refractivity contribution in [1.29, 1.82) is 0 Å². The third-order valence-corrected chi connectivity index (χ3v) is 5.94. The van der Waals surface area contributed by atoms with Gasteiger partial charge in [-0.05, 0) is 49.6 Å². The largest absolute Gasteiger partial charge is 0.321 e. The molecule has 0 radical (unpaired) electrons. The van der Waals surface area contributed by atoms with Crippen molar-refractivity contribution >= 4 is 34.8 Å². The van der Waals surface area contributed by atoms with Crippen molar-refractivity contribution in [3.8, 4) is 0 Å². The zero-order chi connectivity index (χ0) is 21.7. The number of rotatable bonds is 6. The molecule has 160 valence electrons. The fourth-order valence-corrected chi connectivity index (χ4v) is 4.06. The summed E-state index contributed by atoms with van der Waals surface area (Å²) in [6.07, 6.45) is 0. The molecule has 6 nitrogen and oxygen atoms in total. The minimum atomic E-state index is -0.00779. The van der Waals surface area contributed by atoms with Crippen molar-refractivity contribution in [1.82, 2.24) is 0 Å². The van der Waals surface area contributed by atoms with Gasteiger partial charge in [0.25, 0.3) is 11.8 Å². The van der Waals surface area contributed by atoms with Crippen LogP contribution in [0.15, 0.2) is 36.4 Å². The molecule has 1 saturated heterocycles. The Labute approximate surface area is 183 Å². The average Bonchev–Trinajstić information content (AvgIpc) is 2.69. The molecule has 0 bridgehead atoms. The number of benzene rings is 2. The first-order valence-electron chi connectivity index (χ1n) is 10.4. The molecule has 2 amide bonds. The molecule has 1 fully saturated rings. The average molecular weight is 431 g/mol. The second-order valence-corrected chi connectivity index (χ2v) is 8.61. The van der Waals surface area contributed by atoms with Crippen LogP contribution in [0, 0.1) is 20.8 Å². The lowest BCUT2D eigenvalue weighted by Gasteiger charge is -2.29. The van der Waals surface area contributed by atoms with E-state index in [9.17, 15) is 9.59 Å². The minimum Gasteiger partial charge on any atom is -0.321 e. The van der Waals surface area contributed by atoms with E-state index in [4.69, 9.17) is 11.6 Å². The predicted octanol–water partition coefficient (Wildman–Crippen LogP) is 0.626. The molecule has 0 spiro atoms. The summed E-state index contributed by atoms with van der Waals surface area (Å²) in [5.41, 5.74) is 4.83. The Morgan fingerprint density at radius 1 is 0.833 bits per heavy atom. The molecule has 4 N–H and O–H groups in total. The molecule has 0 saturated carbocycles. The van der Waals surface area contributed by atoms with E-state index < -0.39 is 0 Å². The fraction of sp³-hybridized carbons (Fsp3) is 0.391. The normalized spacial score (nSPS) is 18.7. The van der Waals surface area contributed by atoms with Gasteiger partial charge in [0.15, 0.2) is 13.1 Å². The molecule has 2 aromatic rings. The van der Waals surface area contributed by atoms with E-state index in [0.29, 0.717) is 18.1 Å².